The number of nitrogens with one attached hydrogen (secondary N) is 1. The highest BCUT2D eigenvalue weighted by Crippen LogP contribution is 2.32. The summed E-state index contributed by atoms with van der Waals surface area (Å²) in [5, 5.41) is 5.41. The van der Waals surface area contributed by atoms with Crippen LogP contribution in [0.2, 0.25) is 5.02 Å². The van der Waals surface area contributed by atoms with Gasteiger partial charge in [0.25, 0.3) is 0 Å². The monoisotopic (exact) mass is 319 g/mol. The second kappa shape index (κ2) is 6.32. The van der Waals surface area contributed by atoms with Gasteiger partial charge in [0.2, 0.25) is 0 Å². The van der Waals surface area contributed by atoms with Gasteiger partial charge in [-0.3, -0.25) is 0 Å². The molecule has 0 spiro atoms. The molecule has 0 aromatic carbocycles. The Morgan fingerprint density at radius 1 is 1.29 bits per heavy atom. The van der Waals surface area contributed by atoms with E-state index in [0.717, 1.165) is 34.5 Å². The van der Waals surface area contributed by atoms with Crippen LogP contribution >= 0.6 is 23.4 Å². The van der Waals surface area contributed by atoms with Gasteiger partial charge in [0.05, 0.1) is 11.2 Å². The standard InChI is InChI=1S/C14H14ClN5S/c1-2-5-16-11-9-20-8-7-17-12(20)14(19-11)21-13-10(15)4-3-6-18-13/h3-4,6-9,16H,2,5H2,1H3. The molecule has 0 bridgehead atoms. The highest BCUT2D eigenvalue weighted by atomic mass is 35.5. The molecule has 0 aliphatic rings. The van der Waals surface area contributed by atoms with Crippen LogP contribution in [0.15, 0.2) is 47.0 Å². The van der Waals surface area contributed by atoms with E-state index < -0.39 is 0 Å². The molecule has 0 atom stereocenters. The van der Waals surface area contributed by atoms with Gasteiger partial charge in [0.15, 0.2) is 5.65 Å². The second-order valence-corrected chi connectivity index (χ2v) is 5.79. The van der Waals surface area contributed by atoms with Gasteiger partial charge < -0.3 is 9.72 Å². The smallest absolute Gasteiger partial charge is 0.170 e. The van der Waals surface area contributed by atoms with Crippen molar-refractivity contribution in [3.63, 3.8) is 0 Å². The summed E-state index contributed by atoms with van der Waals surface area (Å²) in [6, 6.07) is 3.63. The molecule has 0 saturated heterocycles. The van der Waals surface area contributed by atoms with E-state index in [1.165, 1.54) is 11.8 Å². The third-order valence-electron chi connectivity index (χ3n) is 2.82. The lowest BCUT2D eigenvalue weighted by atomic mass is 10.5. The highest BCUT2D eigenvalue weighted by Gasteiger charge is 2.12. The average Bonchev–Trinajstić information content (AvgIpc) is 2.96. The van der Waals surface area contributed by atoms with Crippen LogP contribution in [0.5, 0.6) is 0 Å². The Morgan fingerprint density at radius 2 is 2.19 bits per heavy atom. The Balaban J connectivity index is 2.00. The molecule has 1 N–H and O–H groups in total. The van der Waals surface area contributed by atoms with Gasteiger partial charge >= 0.3 is 0 Å². The van der Waals surface area contributed by atoms with E-state index in [1.54, 1.807) is 12.4 Å². The molecule has 0 unspecified atom stereocenters. The molecule has 0 saturated carbocycles. The normalized spacial score (nSPS) is 11.0. The lowest BCUT2D eigenvalue weighted by Gasteiger charge is -2.08. The summed E-state index contributed by atoms with van der Waals surface area (Å²) in [5.41, 5.74) is 0.795. The summed E-state index contributed by atoms with van der Waals surface area (Å²) in [5.74, 6) is 0.817. The minimum Gasteiger partial charge on any atom is -0.369 e. The number of anilines is 1. The zero-order valence-corrected chi connectivity index (χ0v) is 13.0. The molecule has 0 amide bonds. The fraction of sp³-hybridized carbons (Fsp3) is 0.214. The molecule has 7 heteroatoms. The third-order valence-corrected chi connectivity index (χ3v) is 4.22. The molecule has 3 aromatic heterocycles. The first-order valence-electron chi connectivity index (χ1n) is 6.64. The van der Waals surface area contributed by atoms with Crippen LogP contribution in [-0.2, 0) is 0 Å². The van der Waals surface area contributed by atoms with Crippen molar-refractivity contribution in [2.24, 2.45) is 0 Å². The van der Waals surface area contributed by atoms with Crippen molar-refractivity contribution < 1.29 is 0 Å². The Labute approximate surface area is 131 Å². The number of pyridine rings is 1. The Bertz CT molecular complexity index is 758. The minimum absolute atomic E-state index is 0.612. The summed E-state index contributed by atoms with van der Waals surface area (Å²) >= 11 is 7.59. The summed E-state index contributed by atoms with van der Waals surface area (Å²) in [6.07, 6.45) is 8.35. The number of hydrogen-bond acceptors (Lipinski definition) is 5. The molecule has 0 fully saturated rings. The predicted molar refractivity (Wildman–Crippen MR) is 85.1 cm³/mol. The van der Waals surface area contributed by atoms with Gasteiger partial charge in [0, 0.05) is 25.1 Å². The Kier molecular flexibility index (Phi) is 4.26. The molecular weight excluding hydrogens is 306 g/mol. The molecule has 21 heavy (non-hydrogen) atoms. The molecule has 0 radical (unpaired) electrons. The number of nitrogens with zero attached hydrogens (tertiary/aromatic N) is 4. The first kappa shape index (κ1) is 14.2. The van der Waals surface area contributed by atoms with Crippen LogP contribution in [0.25, 0.3) is 5.65 Å². The first-order chi connectivity index (χ1) is 10.3. The Morgan fingerprint density at radius 3 is 3.00 bits per heavy atom. The van der Waals surface area contributed by atoms with Crippen molar-refractivity contribution >= 4 is 34.8 Å². The third kappa shape index (κ3) is 3.11. The zero-order chi connectivity index (χ0) is 14.7. The number of aromatic nitrogens is 4. The summed E-state index contributed by atoms with van der Waals surface area (Å²) in [7, 11) is 0. The second-order valence-electron chi connectivity index (χ2n) is 4.41. The van der Waals surface area contributed by atoms with Gasteiger partial charge in [-0.25, -0.2) is 15.0 Å². The first-order valence-corrected chi connectivity index (χ1v) is 7.83. The van der Waals surface area contributed by atoms with Crippen LogP contribution in [0.1, 0.15) is 13.3 Å². The SMILES string of the molecule is CCCNc1cn2ccnc2c(Sc2ncccc2Cl)n1. The fourth-order valence-corrected chi connectivity index (χ4v) is 2.94. The van der Waals surface area contributed by atoms with Gasteiger partial charge in [0.1, 0.15) is 15.9 Å². The topological polar surface area (TPSA) is 55.1 Å². The van der Waals surface area contributed by atoms with Gasteiger partial charge in [-0.05, 0) is 30.3 Å². The fourth-order valence-electron chi connectivity index (χ4n) is 1.85. The Hall–Kier alpha value is -1.79. The number of halogens is 1. The van der Waals surface area contributed by atoms with E-state index in [-0.39, 0.29) is 0 Å². The minimum atomic E-state index is 0.612. The predicted octanol–water partition coefficient (Wildman–Crippen LogP) is 3.75. The number of imidazole rings is 1. The maximum Gasteiger partial charge on any atom is 0.170 e. The summed E-state index contributed by atoms with van der Waals surface area (Å²) in [6.45, 7) is 2.99. The van der Waals surface area contributed by atoms with Crippen LogP contribution < -0.4 is 5.32 Å². The maximum atomic E-state index is 6.17. The molecule has 5 nitrogen and oxygen atoms in total. The van der Waals surface area contributed by atoms with Crippen LogP contribution in [0.3, 0.4) is 0 Å². The van der Waals surface area contributed by atoms with Crippen molar-refractivity contribution in [1.82, 2.24) is 19.4 Å². The van der Waals surface area contributed by atoms with E-state index in [9.17, 15) is 0 Å². The van der Waals surface area contributed by atoms with Crippen molar-refractivity contribution in [3.8, 4) is 0 Å². The van der Waals surface area contributed by atoms with Gasteiger partial charge in [-0.1, -0.05) is 18.5 Å². The highest BCUT2D eigenvalue weighted by molar-refractivity contribution is 7.99. The lowest BCUT2D eigenvalue weighted by molar-refractivity contribution is 0.944. The van der Waals surface area contributed by atoms with Crippen molar-refractivity contribution in [2.45, 2.75) is 23.4 Å². The molecular formula is C14H14ClN5S. The quantitative estimate of drug-likeness (QED) is 0.776. The number of fused-ring (bicyclic) bond motifs is 1. The number of hydrogen-bond donors (Lipinski definition) is 1. The molecule has 3 rings (SSSR count). The van der Waals surface area contributed by atoms with E-state index in [2.05, 4.69) is 27.2 Å². The van der Waals surface area contributed by atoms with E-state index in [0.29, 0.717) is 5.02 Å². The van der Waals surface area contributed by atoms with Crippen molar-refractivity contribution in [1.29, 1.82) is 0 Å². The lowest BCUT2D eigenvalue weighted by Crippen LogP contribution is -2.04. The molecule has 3 aromatic rings. The van der Waals surface area contributed by atoms with Crippen LogP contribution in [0, 0.1) is 0 Å². The number of rotatable bonds is 5. The van der Waals surface area contributed by atoms with E-state index >= 15 is 0 Å². The van der Waals surface area contributed by atoms with Gasteiger partial charge in [-0.15, -0.1) is 0 Å². The maximum absolute atomic E-state index is 6.17. The molecule has 0 aliphatic heterocycles. The van der Waals surface area contributed by atoms with Gasteiger partial charge in [-0.2, -0.15) is 0 Å². The largest absolute Gasteiger partial charge is 0.369 e. The average molecular weight is 320 g/mol. The molecule has 108 valence electrons. The van der Waals surface area contributed by atoms with E-state index in [4.69, 9.17) is 11.6 Å². The van der Waals surface area contributed by atoms with Crippen molar-refractivity contribution in [3.05, 3.63) is 41.9 Å². The summed E-state index contributed by atoms with van der Waals surface area (Å²) in [4.78, 5) is 13.3. The van der Waals surface area contributed by atoms with Crippen molar-refractivity contribution in [2.75, 3.05) is 11.9 Å². The van der Waals surface area contributed by atoms with Crippen LogP contribution in [-0.4, -0.2) is 25.9 Å². The van der Waals surface area contributed by atoms with E-state index in [1.807, 2.05) is 28.9 Å². The zero-order valence-electron chi connectivity index (χ0n) is 11.5. The van der Waals surface area contributed by atoms with Crippen LogP contribution in [0.4, 0.5) is 5.82 Å². The molecule has 3 heterocycles. The summed E-state index contributed by atoms with van der Waals surface area (Å²) < 4.78 is 1.95. The molecule has 0 aliphatic carbocycles.